The molecule has 1 saturated heterocycles. The molecule has 94 valence electrons. The molecule has 0 radical (unpaired) electrons. The Hall–Kier alpha value is -1.09. The van der Waals surface area contributed by atoms with Crippen molar-refractivity contribution >= 4 is 0 Å². The minimum atomic E-state index is -0.844. The molecular formula is C14H20FNO. The van der Waals surface area contributed by atoms with Crippen LogP contribution in [0, 0.1) is 5.92 Å². The predicted octanol–water partition coefficient (Wildman–Crippen LogP) is 3.10. The van der Waals surface area contributed by atoms with Crippen molar-refractivity contribution in [1.29, 1.82) is 0 Å². The zero-order valence-corrected chi connectivity index (χ0v) is 10.3. The molecule has 1 aliphatic rings. The van der Waals surface area contributed by atoms with E-state index in [2.05, 4.69) is 5.32 Å². The van der Waals surface area contributed by atoms with E-state index in [0.717, 1.165) is 37.2 Å². The summed E-state index contributed by atoms with van der Waals surface area (Å²) in [7, 11) is 1.62. The Morgan fingerprint density at radius 3 is 2.53 bits per heavy atom. The predicted molar refractivity (Wildman–Crippen MR) is 67.1 cm³/mol. The second kappa shape index (κ2) is 6.01. The first-order chi connectivity index (χ1) is 8.29. The highest BCUT2D eigenvalue weighted by Gasteiger charge is 2.19. The van der Waals surface area contributed by atoms with Gasteiger partial charge in [0.15, 0.2) is 0 Å². The highest BCUT2D eigenvalue weighted by Crippen LogP contribution is 2.30. The van der Waals surface area contributed by atoms with Gasteiger partial charge in [0.1, 0.15) is 11.9 Å². The molecule has 1 atom stereocenters. The summed E-state index contributed by atoms with van der Waals surface area (Å²) in [6.45, 7) is 2.06. The Balaban J connectivity index is 1.91. The fraction of sp³-hybridized carbons (Fsp3) is 0.571. The maximum absolute atomic E-state index is 14.1. The molecule has 1 heterocycles. The SMILES string of the molecule is COc1ccc(C(F)CC2CCNCC2)cc1. The third kappa shape index (κ3) is 3.43. The van der Waals surface area contributed by atoms with Gasteiger partial charge in [-0.15, -0.1) is 0 Å². The molecule has 1 unspecified atom stereocenters. The van der Waals surface area contributed by atoms with Crippen LogP contribution in [0.3, 0.4) is 0 Å². The van der Waals surface area contributed by atoms with Gasteiger partial charge in [-0.1, -0.05) is 12.1 Å². The topological polar surface area (TPSA) is 21.3 Å². The van der Waals surface area contributed by atoms with Gasteiger partial charge in [-0.25, -0.2) is 4.39 Å². The van der Waals surface area contributed by atoms with E-state index >= 15 is 0 Å². The highest BCUT2D eigenvalue weighted by molar-refractivity contribution is 5.28. The van der Waals surface area contributed by atoms with Gasteiger partial charge in [0.05, 0.1) is 7.11 Å². The number of piperidine rings is 1. The van der Waals surface area contributed by atoms with Crippen LogP contribution in [0.25, 0.3) is 0 Å². The van der Waals surface area contributed by atoms with E-state index in [1.165, 1.54) is 0 Å². The van der Waals surface area contributed by atoms with Crippen LogP contribution in [0.5, 0.6) is 5.75 Å². The minimum absolute atomic E-state index is 0.522. The van der Waals surface area contributed by atoms with Crippen molar-refractivity contribution < 1.29 is 9.13 Å². The van der Waals surface area contributed by atoms with Crippen molar-refractivity contribution in [3.05, 3.63) is 29.8 Å². The second-order valence-electron chi connectivity index (χ2n) is 4.67. The lowest BCUT2D eigenvalue weighted by Gasteiger charge is -2.24. The Bertz CT molecular complexity index is 333. The van der Waals surface area contributed by atoms with E-state index in [1.807, 2.05) is 24.3 Å². The van der Waals surface area contributed by atoms with Crippen LogP contribution in [0.1, 0.15) is 31.0 Å². The Morgan fingerprint density at radius 1 is 1.29 bits per heavy atom. The number of hydrogen-bond acceptors (Lipinski definition) is 2. The van der Waals surface area contributed by atoms with Crippen LogP contribution in [0.2, 0.25) is 0 Å². The maximum atomic E-state index is 14.1. The normalized spacial score (nSPS) is 18.9. The van der Waals surface area contributed by atoms with E-state index in [9.17, 15) is 4.39 Å². The van der Waals surface area contributed by atoms with Crippen LogP contribution >= 0.6 is 0 Å². The number of hydrogen-bond donors (Lipinski definition) is 1. The highest BCUT2D eigenvalue weighted by atomic mass is 19.1. The van der Waals surface area contributed by atoms with Crippen molar-refractivity contribution in [2.45, 2.75) is 25.4 Å². The standard InChI is InChI=1S/C14H20FNO/c1-17-13-4-2-12(3-5-13)14(15)10-11-6-8-16-9-7-11/h2-5,11,14,16H,6-10H2,1H3. The molecule has 0 aliphatic carbocycles. The van der Waals surface area contributed by atoms with Crippen molar-refractivity contribution in [3.63, 3.8) is 0 Å². The number of rotatable bonds is 4. The van der Waals surface area contributed by atoms with E-state index in [1.54, 1.807) is 7.11 Å². The fourth-order valence-electron chi connectivity index (χ4n) is 2.36. The lowest BCUT2D eigenvalue weighted by molar-refractivity contribution is 0.240. The first-order valence-corrected chi connectivity index (χ1v) is 6.28. The van der Waals surface area contributed by atoms with Crippen molar-refractivity contribution in [1.82, 2.24) is 5.32 Å². The van der Waals surface area contributed by atoms with Crippen molar-refractivity contribution in [2.75, 3.05) is 20.2 Å². The summed E-state index contributed by atoms with van der Waals surface area (Å²) in [6.07, 6.45) is 1.99. The summed E-state index contributed by atoms with van der Waals surface area (Å²) in [6, 6.07) is 7.30. The monoisotopic (exact) mass is 237 g/mol. The fourth-order valence-corrected chi connectivity index (χ4v) is 2.36. The van der Waals surface area contributed by atoms with E-state index in [4.69, 9.17) is 4.74 Å². The molecular weight excluding hydrogens is 217 g/mol. The van der Waals surface area contributed by atoms with E-state index in [0.29, 0.717) is 12.3 Å². The first kappa shape index (κ1) is 12.4. The average molecular weight is 237 g/mol. The third-order valence-electron chi connectivity index (χ3n) is 3.48. The molecule has 0 saturated carbocycles. The second-order valence-corrected chi connectivity index (χ2v) is 4.67. The Labute approximate surface area is 102 Å². The van der Waals surface area contributed by atoms with Crippen molar-refractivity contribution in [3.8, 4) is 5.75 Å². The average Bonchev–Trinajstić information content (AvgIpc) is 2.40. The Morgan fingerprint density at radius 2 is 1.94 bits per heavy atom. The zero-order valence-electron chi connectivity index (χ0n) is 10.3. The number of benzene rings is 1. The summed E-state index contributed by atoms with van der Waals surface area (Å²) in [5.74, 6) is 1.30. The molecule has 1 fully saturated rings. The van der Waals surface area contributed by atoms with E-state index in [-0.39, 0.29) is 0 Å². The molecule has 17 heavy (non-hydrogen) atoms. The molecule has 1 N–H and O–H groups in total. The smallest absolute Gasteiger partial charge is 0.125 e. The molecule has 0 bridgehead atoms. The summed E-state index contributed by atoms with van der Waals surface area (Å²) in [4.78, 5) is 0. The summed E-state index contributed by atoms with van der Waals surface area (Å²) >= 11 is 0. The largest absolute Gasteiger partial charge is 0.497 e. The van der Waals surface area contributed by atoms with Crippen LogP contribution < -0.4 is 10.1 Å². The molecule has 3 heteroatoms. The maximum Gasteiger partial charge on any atom is 0.125 e. The van der Waals surface area contributed by atoms with Crippen LogP contribution in [0.15, 0.2) is 24.3 Å². The number of methoxy groups -OCH3 is 1. The van der Waals surface area contributed by atoms with Crippen LogP contribution in [-0.2, 0) is 0 Å². The quantitative estimate of drug-likeness (QED) is 0.868. The van der Waals surface area contributed by atoms with Gasteiger partial charge >= 0.3 is 0 Å². The summed E-state index contributed by atoms with van der Waals surface area (Å²) < 4.78 is 19.2. The molecule has 0 amide bonds. The summed E-state index contributed by atoms with van der Waals surface area (Å²) in [5.41, 5.74) is 0.768. The van der Waals surface area contributed by atoms with Gasteiger partial charge in [0.25, 0.3) is 0 Å². The number of nitrogens with one attached hydrogen (secondary N) is 1. The molecule has 1 aliphatic heterocycles. The summed E-state index contributed by atoms with van der Waals surface area (Å²) in [5, 5.41) is 3.30. The molecule has 0 aromatic heterocycles. The minimum Gasteiger partial charge on any atom is -0.497 e. The molecule has 1 aromatic carbocycles. The van der Waals surface area contributed by atoms with Gasteiger partial charge < -0.3 is 10.1 Å². The molecule has 0 spiro atoms. The number of alkyl halides is 1. The molecule has 2 rings (SSSR count). The number of ether oxygens (including phenoxy) is 1. The van der Waals surface area contributed by atoms with Gasteiger partial charge in [-0.2, -0.15) is 0 Å². The number of halogens is 1. The third-order valence-corrected chi connectivity index (χ3v) is 3.48. The van der Waals surface area contributed by atoms with Crippen molar-refractivity contribution in [2.24, 2.45) is 5.92 Å². The van der Waals surface area contributed by atoms with Crippen LogP contribution in [-0.4, -0.2) is 20.2 Å². The van der Waals surface area contributed by atoms with Gasteiger partial charge in [-0.3, -0.25) is 0 Å². The zero-order chi connectivity index (χ0) is 12.1. The van der Waals surface area contributed by atoms with Gasteiger partial charge in [0.2, 0.25) is 0 Å². The van der Waals surface area contributed by atoms with Crippen LogP contribution in [0.4, 0.5) is 4.39 Å². The Kier molecular flexibility index (Phi) is 4.37. The van der Waals surface area contributed by atoms with Gasteiger partial charge in [0, 0.05) is 0 Å². The molecule has 2 nitrogen and oxygen atoms in total. The lowest BCUT2D eigenvalue weighted by atomic mass is 9.90. The lowest BCUT2D eigenvalue weighted by Crippen LogP contribution is -2.28. The van der Waals surface area contributed by atoms with E-state index < -0.39 is 6.17 Å². The van der Waals surface area contributed by atoms with Gasteiger partial charge in [-0.05, 0) is 56.0 Å². The first-order valence-electron chi connectivity index (χ1n) is 6.28. The molecule has 1 aromatic rings.